The average molecular weight is 290 g/mol. The van der Waals surface area contributed by atoms with Gasteiger partial charge in [0.1, 0.15) is 0 Å². The van der Waals surface area contributed by atoms with Gasteiger partial charge in [0.05, 0.1) is 5.56 Å². The Kier molecular flexibility index (Phi) is 5.20. The minimum Gasteiger partial charge on any atom is -0.478 e. The van der Waals surface area contributed by atoms with Crippen LogP contribution in [-0.2, 0) is 6.42 Å². The van der Waals surface area contributed by atoms with Crippen LogP contribution in [0.5, 0.6) is 0 Å². The van der Waals surface area contributed by atoms with Gasteiger partial charge < -0.3 is 10.4 Å². The Morgan fingerprint density at radius 3 is 2.86 bits per heavy atom. The third-order valence-electron chi connectivity index (χ3n) is 3.78. The number of carboxylic acid groups (broad SMARTS) is 1. The van der Waals surface area contributed by atoms with Gasteiger partial charge in [-0.05, 0) is 37.0 Å². The van der Waals surface area contributed by atoms with Gasteiger partial charge in [-0.25, -0.2) is 9.59 Å². The minimum atomic E-state index is -0.933. The number of amides is 2. The van der Waals surface area contributed by atoms with Crippen LogP contribution >= 0.6 is 0 Å². The molecule has 2 N–H and O–H groups in total. The zero-order chi connectivity index (χ0) is 15.2. The second-order valence-corrected chi connectivity index (χ2v) is 5.30. The zero-order valence-corrected chi connectivity index (χ0v) is 12.4. The summed E-state index contributed by atoms with van der Waals surface area (Å²) in [5.41, 5.74) is 1.80. The molecule has 0 aliphatic carbocycles. The van der Waals surface area contributed by atoms with Gasteiger partial charge in [0, 0.05) is 18.8 Å². The number of benzene rings is 1. The van der Waals surface area contributed by atoms with E-state index in [-0.39, 0.29) is 6.03 Å². The Labute approximate surface area is 125 Å². The fourth-order valence-electron chi connectivity index (χ4n) is 2.70. The lowest BCUT2D eigenvalue weighted by Crippen LogP contribution is -2.43. The van der Waals surface area contributed by atoms with E-state index in [1.807, 2.05) is 6.07 Å². The molecule has 0 fully saturated rings. The van der Waals surface area contributed by atoms with Gasteiger partial charge in [0.2, 0.25) is 0 Å². The van der Waals surface area contributed by atoms with Gasteiger partial charge in [-0.1, -0.05) is 25.8 Å². The number of carbonyl (C=O) groups excluding carboxylic acids is 1. The number of hydrogen-bond acceptors (Lipinski definition) is 2. The smallest absolute Gasteiger partial charge is 0.336 e. The number of urea groups is 1. The van der Waals surface area contributed by atoms with Crippen LogP contribution in [0.15, 0.2) is 18.2 Å². The first kappa shape index (κ1) is 15.4. The summed E-state index contributed by atoms with van der Waals surface area (Å²) in [7, 11) is 0. The van der Waals surface area contributed by atoms with Crippen LogP contribution in [0, 0.1) is 0 Å². The Balaban J connectivity index is 2.13. The molecule has 1 aromatic rings. The van der Waals surface area contributed by atoms with Crippen LogP contribution in [0.1, 0.15) is 48.5 Å². The van der Waals surface area contributed by atoms with Crippen LogP contribution in [0.4, 0.5) is 10.5 Å². The summed E-state index contributed by atoms with van der Waals surface area (Å²) in [5.74, 6) is -0.933. The molecule has 0 bridgehead atoms. The fourth-order valence-corrected chi connectivity index (χ4v) is 2.70. The summed E-state index contributed by atoms with van der Waals surface area (Å²) in [6.45, 7) is 3.42. The molecule has 0 spiro atoms. The van der Waals surface area contributed by atoms with Crippen molar-refractivity contribution in [2.45, 2.75) is 39.0 Å². The highest BCUT2D eigenvalue weighted by Crippen LogP contribution is 2.29. The van der Waals surface area contributed by atoms with E-state index in [2.05, 4.69) is 12.2 Å². The van der Waals surface area contributed by atoms with Gasteiger partial charge in [-0.3, -0.25) is 4.90 Å². The van der Waals surface area contributed by atoms with Gasteiger partial charge in [-0.2, -0.15) is 0 Å². The number of fused-ring (bicyclic) bond motifs is 1. The quantitative estimate of drug-likeness (QED) is 0.819. The van der Waals surface area contributed by atoms with Gasteiger partial charge in [-0.15, -0.1) is 0 Å². The highest BCUT2D eigenvalue weighted by atomic mass is 16.4. The van der Waals surface area contributed by atoms with Crippen LogP contribution in [0.2, 0.25) is 0 Å². The number of hydrogen-bond donors (Lipinski definition) is 2. The summed E-state index contributed by atoms with van der Waals surface area (Å²) < 4.78 is 0. The average Bonchev–Trinajstić information content (AvgIpc) is 2.50. The van der Waals surface area contributed by atoms with E-state index in [1.54, 1.807) is 17.0 Å². The summed E-state index contributed by atoms with van der Waals surface area (Å²) in [5, 5.41) is 12.2. The second-order valence-electron chi connectivity index (χ2n) is 5.30. The molecule has 2 amide bonds. The lowest BCUT2D eigenvalue weighted by Gasteiger charge is -2.30. The molecule has 0 unspecified atom stereocenters. The molecule has 1 aromatic carbocycles. The zero-order valence-electron chi connectivity index (χ0n) is 12.4. The highest BCUT2D eigenvalue weighted by Gasteiger charge is 2.25. The van der Waals surface area contributed by atoms with E-state index in [0.717, 1.165) is 36.9 Å². The number of nitrogens with one attached hydrogen (secondary N) is 1. The van der Waals surface area contributed by atoms with Crippen molar-refractivity contribution in [1.82, 2.24) is 5.32 Å². The lowest BCUT2D eigenvalue weighted by molar-refractivity contribution is 0.0695. The van der Waals surface area contributed by atoms with E-state index >= 15 is 0 Å². The monoisotopic (exact) mass is 290 g/mol. The molecule has 0 radical (unpaired) electrons. The first-order valence-corrected chi connectivity index (χ1v) is 7.55. The topological polar surface area (TPSA) is 69.6 Å². The number of carboxylic acids is 1. The Morgan fingerprint density at radius 1 is 1.33 bits per heavy atom. The molecule has 21 heavy (non-hydrogen) atoms. The van der Waals surface area contributed by atoms with Crippen LogP contribution in [0.25, 0.3) is 0 Å². The molecule has 114 valence electrons. The van der Waals surface area contributed by atoms with E-state index in [4.69, 9.17) is 0 Å². The number of unbranched alkanes of at least 4 members (excludes halogenated alkanes) is 2. The summed E-state index contributed by atoms with van der Waals surface area (Å²) in [6, 6.07) is 5.00. The van der Waals surface area contributed by atoms with Crippen LogP contribution in [-0.4, -0.2) is 30.2 Å². The van der Waals surface area contributed by atoms with Gasteiger partial charge in [0.25, 0.3) is 0 Å². The first-order chi connectivity index (χ1) is 10.1. The number of rotatable bonds is 5. The first-order valence-electron chi connectivity index (χ1n) is 7.55. The van der Waals surface area contributed by atoms with Crippen molar-refractivity contribution >= 4 is 17.7 Å². The molecular formula is C16H22N2O3. The lowest BCUT2D eigenvalue weighted by atomic mass is 9.96. The third kappa shape index (κ3) is 3.54. The minimum absolute atomic E-state index is 0.130. The van der Waals surface area contributed by atoms with Crippen molar-refractivity contribution in [1.29, 1.82) is 0 Å². The van der Waals surface area contributed by atoms with Crippen molar-refractivity contribution in [3.8, 4) is 0 Å². The Morgan fingerprint density at radius 2 is 2.14 bits per heavy atom. The second kappa shape index (κ2) is 7.11. The fraction of sp³-hybridized carbons (Fsp3) is 0.500. The van der Waals surface area contributed by atoms with Crippen molar-refractivity contribution in [2.75, 3.05) is 18.0 Å². The molecule has 5 heteroatoms. The molecule has 0 saturated carbocycles. The van der Waals surface area contributed by atoms with Crippen molar-refractivity contribution < 1.29 is 14.7 Å². The van der Waals surface area contributed by atoms with Gasteiger partial charge in [0.15, 0.2) is 0 Å². The molecule has 0 aromatic heterocycles. The SMILES string of the molecule is CCCCCNC(=O)N1CCCc2c(C(=O)O)cccc21. The third-order valence-corrected chi connectivity index (χ3v) is 3.78. The van der Waals surface area contributed by atoms with Crippen molar-refractivity contribution in [3.63, 3.8) is 0 Å². The molecule has 5 nitrogen and oxygen atoms in total. The predicted octanol–water partition coefficient (Wildman–Crippen LogP) is 3.04. The van der Waals surface area contributed by atoms with E-state index in [1.165, 1.54) is 0 Å². The normalized spacial score (nSPS) is 13.7. The Hall–Kier alpha value is -2.04. The largest absolute Gasteiger partial charge is 0.478 e. The maximum Gasteiger partial charge on any atom is 0.336 e. The predicted molar refractivity (Wildman–Crippen MR) is 82.0 cm³/mol. The van der Waals surface area contributed by atoms with Crippen LogP contribution < -0.4 is 10.2 Å². The maximum atomic E-state index is 12.3. The van der Waals surface area contributed by atoms with E-state index < -0.39 is 5.97 Å². The number of nitrogens with zero attached hydrogens (tertiary/aromatic N) is 1. The van der Waals surface area contributed by atoms with E-state index in [9.17, 15) is 14.7 Å². The number of aromatic carboxylic acids is 1. The molecule has 1 aliphatic rings. The molecule has 1 aliphatic heterocycles. The number of anilines is 1. The summed E-state index contributed by atoms with van der Waals surface area (Å²) in [4.78, 5) is 25.2. The molecule has 1 heterocycles. The van der Waals surface area contributed by atoms with Crippen molar-refractivity contribution in [3.05, 3.63) is 29.3 Å². The summed E-state index contributed by atoms with van der Waals surface area (Å²) >= 11 is 0. The molecule has 0 saturated heterocycles. The standard InChI is InChI=1S/C16H22N2O3/c1-2-3-4-10-17-16(21)18-11-6-8-12-13(15(19)20)7-5-9-14(12)18/h5,7,9H,2-4,6,8,10-11H2,1H3,(H,17,21)(H,19,20). The number of carbonyl (C=O) groups is 2. The van der Waals surface area contributed by atoms with Crippen LogP contribution in [0.3, 0.4) is 0 Å². The maximum absolute atomic E-state index is 12.3. The Bertz CT molecular complexity index is 528. The van der Waals surface area contributed by atoms with Gasteiger partial charge >= 0.3 is 12.0 Å². The summed E-state index contributed by atoms with van der Waals surface area (Å²) in [6.07, 6.45) is 4.68. The van der Waals surface area contributed by atoms with E-state index in [0.29, 0.717) is 25.1 Å². The highest BCUT2D eigenvalue weighted by molar-refractivity contribution is 5.97. The molecule has 2 rings (SSSR count). The molecule has 0 atom stereocenters. The van der Waals surface area contributed by atoms with Crippen molar-refractivity contribution in [2.24, 2.45) is 0 Å². The molecular weight excluding hydrogens is 268 g/mol.